The zero-order valence-electron chi connectivity index (χ0n) is 15.9. The molecule has 0 fully saturated rings. The van der Waals surface area contributed by atoms with Crippen LogP contribution in [0.1, 0.15) is 5.69 Å². The van der Waals surface area contributed by atoms with Crippen molar-refractivity contribution in [1.29, 1.82) is 0 Å². The number of carbonyl (C=O) groups excluding carboxylic acids is 1. The van der Waals surface area contributed by atoms with E-state index >= 15 is 0 Å². The highest BCUT2D eigenvalue weighted by molar-refractivity contribution is 6.30. The molecule has 0 bridgehead atoms. The predicted octanol–water partition coefficient (Wildman–Crippen LogP) is 3.50. The van der Waals surface area contributed by atoms with Gasteiger partial charge in [0.15, 0.2) is 16.8 Å². The summed E-state index contributed by atoms with van der Waals surface area (Å²) in [6, 6.07) is 17.0. The second kappa shape index (κ2) is 7.23. The summed E-state index contributed by atoms with van der Waals surface area (Å²) in [5.41, 5.74) is 4.61. The third kappa shape index (κ3) is 2.98. The lowest BCUT2D eigenvalue weighted by Gasteiger charge is -2.04. The van der Waals surface area contributed by atoms with Gasteiger partial charge in [0.05, 0.1) is 25.4 Å². The molecule has 9 heteroatoms. The molecule has 5 aromatic rings. The van der Waals surface area contributed by atoms with Crippen LogP contribution in [0.4, 0.5) is 0 Å². The summed E-state index contributed by atoms with van der Waals surface area (Å²) < 4.78 is 8.20. The van der Waals surface area contributed by atoms with Gasteiger partial charge < -0.3 is 4.74 Å². The van der Waals surface area contributed by atoms with Crippen LogP contribution in [-0.2, 0) is 16.0 Å². The molecule has 0 atom stereocenters. The van der Waals surface area contributed by atoms with Crippen molar-refractivity contribution >= 4 is 34.4 Å². The van der Waals surface area contributed by atoms with E-state index < -0.39 is 5.97 Å². The summed E-state index contributed by atoms with van der Waals surface area (Å²) >= 11 is 6.16. The van der Waals surface area contributed by atoms with Gasteiger partial charge in [-0.15, -0.1) is 10.2 Å². The molecule has 0 N–H and O–H groups in total. The summed E-state index contributed by atoms with van der Waals surface area (Å²) in [6.07, 6.45) is 1.70. The van der Waals surface area contributed by atoms with Gasteiger partial charge in [0.1, 0.15) is 5.69 Å². The molecule has 0 aliphatic rings. The smallest absolute Gasteiger partial charge is 0.311 e. The Bertz CT molecular complexity index is 1390. The first kappa shape index (κ1) is 18.3. The average molecular weight is 419 g/mol. The van der Waals surface area contributed by atoms with Crippen molar-refractivity contribution in [1.82, 2.24) is 29.6 Å². The Balaban J connectivity index is 1.79. The monoisotopic (exact) mass is 418 g/mol. The Hall–Kier alpha value is -3.78. The zero-order valence-corrected chi connectivity index (χ0v) is 16.6. The van der Waals surface area contributed by atoms with Gasteiger partial charge in [-0.1, -0.05) is 41.9 Å². The molecule has 0 saturated heterocycles. The van der Waals surface area contributed by atoms with Crippen LogP contribution in [0.15, 0.2) is 60.8 Å². The van der Waals surface area contributed by atoms with E-state index in [1.54, 1.807) is 15.4 Å². The summed E-state index contributed by atoms with van der Waals surface area (Å²) in [7, 11) is 1.34. The third-order valence-corrected chi connectivity index (χ3v) is 5.01. The lowest BCUT2D eigenvalue weighted by Crippen LogP contribution is -2.06. The quantitative estimate of drug-likeness (QED) is 0.415. The molecule has 0 amide bonds. The van der Waals surface area contributed by atoms with Crippen molar-refractivity contribution in [3.8, 4) is 16.8 Å². The van der Waals surface area contributed by atoms with Crippen molar-refractivity contribution < 1.29 is 9.53 Å². The molecule has 0 spiro atoms. The number of fused-ring (bicyclic) bond motifs is 3. The number of hydrogen-bond acceptors (Lipinski definition) is 6. The minimum Gasteiger partial charge on any atom is -0.469 e. The van der Waals surface area contributed by atoms with Crippen LogP contribution < -0.4 is 0 Å². The number of para-hydroxylation sites is 1. The topological polar surface area (TPSA) is 87.2 Å². The second-order valence-electron chi connectivity index (χ2n) is 6.62. The molecule has 8 nitrogen and oxygen atoms in total. The Morgan fingerprint density at radius 3 is 2.70 bits per heavy atom. The molecule has 0 aliphatic carbocycles. The highest BCUT2D eigenvalue weighted by atomic mass is 35.5. The van der Waals surface area contributed by atoms with Gasteiger partial charge in [-0.05, 0) is 29.8 Å². The first-order valence-electron chi connectivity index (χ1n) is 9.16. The minimum atomic E-state index is -0.406. The van der Waals surface area contributed by atoms with E-state index in [0.717, 1.165) is 16.8 Å². The van der Waals surface area contributed by atoms with Gasteiger partial charge in [-0.2, -0.15) is 14.7 Å². The highest BCUT2D eigenvalue weighted by Gasteiger charge is 2.22. The fourth-order valence-corrected chi connectivity index (χ4v) is 3.55. The number of halogens is 1. The first-order chi connectivity index (χ1) is 14.7. The molecule has 0 aliphatic heterocycles. The van der Waals surface area contributed by atoms with Crippen molar-refractivity contribution in [2.45, 2.75) is 6.42 Å². The lowest BCUT2D eigenvalue weighted by molar-refractivity contribution is -0.139. The second-order valence-corrected chi connectivity index (χ2v) is 7.06. The normalized spacial score (nSPS) is 11.3. The van der Waals surface area contributed by atoms with E-state index in [9.17, 15) is 4.79 Å². The van der Waals surface area contributed by atoms with Crippen molar-refractivity contribution in [2.24, 2.45) is 0 Å². The van der Waals surface area contributed by atoms with Gasteiger partial charge in [0.25, 0.3) is 0 Å². The van der Waals surface area contributed by atoms with Crippen molar-refractivity contribution in [3.05, 3.63) is 71.5 Å². The van der Waals surface area contributed by atoms with Crippen LogP contribution in [0, 0.1) is 0 Å². The Labute approximate surface area is 175 Å². The number of hydrogen-bond donors (Lipinski definition) is 0. The maximum atomic E-state index is 11.9. The molecule has 148 valence electrons. The van der Waals surface area contributed by atoms with Crippen molar-refractivity contribution in [2.75, 3.05) is 7.11 Å². The standard InChI is InChI=1S/C21H15ClN6O2/c1-30-18(29)11-17-19-21(27(26-17)15-8-3-2-4-9-15)28-20(25-24-19)16(12-23-28)13-6-5-7-14(22)10-13/h2-10,12H,11H2,1H3. The van der Waals surface area contributed by atoms with Gasteiger partial charge in [0, 0.05) is 10.6 Å². The summed E-state index contributed by atoms with van der Waals surface area (Å²) in [5.74, 6) is -0.406. The maximum absolute atomic E-state index is 11.9. The number of aromatic nitrogens is 6. The fourth-order valence-electron chi connectivity index (χ4n) is 3.36. The van der Waals surface area contributed by atoms with Gasteiger partial charge in [0.2, 0.25) is 0 Å². The minimum absolute atomic E-state index is 0.0184. The zero-order chi connectivity index (χ0) is 20.7. The summed E-state index contributed by atoms with van der Waals surface area (Å²) in [6.45, 7) is 0. The van der Waals surface area contributed by atoms with Crippen LogP contribution >= 0.6 is 11.6 Å². The molecule has 2 aromatic carbocycles. The first-order valence-corrected chi connectivity index (χ1v) is 9.53. The number of methoxy groups -OCH3 is 1. The molecule has 3 aromatic heterocycles. The third-order valence-electron chi connectivity index (χ3n) is 4.77. The van der Waals surface area contributed by atoms with E-state index in [1.807, 2.05) is 54.6 Å². The lowest BCUT2D eigenvalue weighted by atomic mass is 10.1. The Morgan fingerprint density at radius 2 is 1.93 bits per heavy atom. The number of carbonyl (C=O) groups is 1. The number of nitrogens with zero attached hydrogens (tertiary/aromatic N) is 6. The average Bonchev–Trinajstić information content (AvgIpc) is 3.36. The number of rotatable bonds is 4. The highest BCUT2D eigenvalue weighted by Crippen LogP contribution is 2.28. The van der Waals surface area contributed by atoms with Crippen molar-refractivity contribution in [3.63, 3.8) is 0 Å². The molecular formula is C21H15ClN6O2. The molecular weight excluding hydrogens is 404 g/mol. The number of benzene rings is 2. The molecule has 0 saturated carbocycles. The van der Waals surface area contributed by atoms with E-state index in [-0.39, 0.29) is 6.42 Å². The Morgan fingerprint density at radius 1 is 1.10 bits per heavy atom. The van der Waals surface area contributed by atoms with Gasteiger partial charge in [-0.25, -0.2) is 4.68 Å². The largest absolute Gasteiger partial charge is 0.469 e. The predicted molar refractivity (Wildman–Crippen MR) is 112 cm³/mol. The van der Waals surface area contributed by atoms with Crippen LogP contribution in [0.5, 0.6) is 0 Å². The molecule has 5 rings (SSSR count). The van der Waals surface area contributed by atoms with Crippen LogP contribution in [0.2, 0.25) is 5.02 Å². The van der Waals surface area contributed by atoms with Gasteiger partial charge >= 0.3 is 5.97 Å². The Kier molecular flexibility index (Phi) is 4.40. The molecule has 0 radical (unpaired) electrons. The summed E-state index contributed by atoms with van der Waals surface area (Å²) in [5, 5.41) is 18.6. The fraction of sp³-hybridized carbons (Fsp3) is 0.0952. The SMILES string of the molecule is COC(=O)Cc1nn(-c2ccccc2)c2c1nnc1c(-c3cccc(Cl)c3)cnn12. The van der Waals surface area contributed by atoms with Crippen LogP contribution in [0.3, 0.4) is 0 Å². The molecule has 0 unspecified atom stereocenters. The van der Waals surface area contributed by atoms with E-state index in [1.165, 1.54) is 7.11 Å². The maximum Gasteiger partial charge on any atom is 0.311 e. The molecule has 30 heavy (non-hydrogen) atoms. The van der Waals surface area contributed by atoms with E-state index in [4.69, 9.17) is 16.3 Å². The van der Waals surface area contributed by atoms with Crippen LogP contribution in [0.25, 0.3) is 33.6 Å². The summed E-state index contributed by atoms with van der Waals surface area (Å²) in [4.78, 5) is 11.9. The van der Waals surface area contributed by atoms with E-state index in [2.05, 4.69) is 20.4 Å². The molecule has 3 heterocycles. The number of esters is 1. The number of ether oxygens (including phenoxy) is 1. The van der Waals surface area contributed by atoms with Crippen LogP contribution in [-0.4, -0.2) is 42.7 Å². The van der Waals surface area contributed by atoms with Gasteiger partial charge in [-0.3, -0.25) is 4.79 Å². The van der Waals surface area contributed by atoms with E-state index in [0.29, 0.717) is 27.5 Å².